The standard InChI is InChI=1S/C27H30N4O/c1-18-9-11-20(12-10-18)27-13-21(27)16-30(17-27)25(32)22-15-28-31-24(22)29-23(14-26(31,2)3)19-7-5-4-6-8-19/h4-12,15,21,23,29H,13-14,16-17H2,1-3H3/t21?,23-,27-/m1/s1. The number of nitrogens with one attached hydrogen (secondary N) is 1. The predicted octanol–water partition coefficient (Wildman–Crippen LogP) is 4.90. The molecule has 32 heavy (non-hydrogen) atoms. The molecule has 2 aliphatic heterocycles. The van der Waals surface area contributed by atoms with Gasteiger partial charge in [0.1, 0.15) is 11.4 Å². The summed E-state index contributed by atoms with van der Waals surface area (Å²) in [5.74, 6) is 1.52. The van der Waals surface area contributed by atoms with Crippen LogP contribution in [0.3, 0.4) is 0 Å². The molecule has 164 valence electrons. The molecule has 5 nitrogen and oxygen atoms in total. The number of rotatable bonds is 3. The molecule has 3 aromatic rings. The molecule has 2 fully saturated rings. The number of aromatic nitrogens is 2. The van der Waals surface area contributed by atoms with Gasteiger partial charge in [0, 0.05) is 18.5 Å². The lowest BCUT2D eigenvalue weighted by Gasteiger charge is -2.38. The molecule has 1 amide bonds. The molecule has 2 aromatic carbocycles. The number of nitrogens with zero attached hydrogens (tertiary/aromatic N) is 3. The highest BCUT2D eigenvalue weighted by Gasteiger charge is 2.61. The third kappa shape index (κ3) is 2.90. The van der Waals surface area contributed by atoms with E-state index in [1.54, 1.807) is 6.20 Å². The van der Waals surface area contributed by atoms with Crippen LogP contribution in [-0.4, -0.2) is 33.7 Å². The Bertz CT molecular complexity index is 1180. The number of hydrogen-bond acceptors (Lipinski definition) is 3. The van der Waals surface area contributed by atoms with Gasteiger partial charge in [0.05, 0.1) is 17.8 Å². The summed E-state index contributed by atoms with van der Waals surface area (Å²) in [5.41, 5.74) is 4.57. The average molecular weight is 427 g/mol. The van der Waals surface area contributed by atoms with Crippen molar-refractivity contribution in [1.82, 2.24) is 14.7 Å². The molecule has 0 bridgehead atoms. The molecule has 1 aliphatic carbocycles. The van der Waals surface area contributed by atoms with Gasteiger partial charge in [0.25, 0.3) is 5.91 Å². The van der Waals surface area contributed by atoms with Crippen LogP contribution in [0, 0.1) is 12.8 Å². The molecule has 6 rings (SSSR count). The van der Waals surface area contributed by atoms with Crippen LogP contribution in [0.25, 0.3) is 0 Å². The van der Waals surface area contributed by atoms with Crippen molar-refractivity contribution < 1.29 is 4.79 Å². The number of hydrogen-bond donors (Lipinski definition) is 1. The van der Waals surface area contributed by atoms with Gasteiger partial charge in [0.15, 0.2) is 0 Å². The smallest absolute Gasteiger partial charge is 0.259 e. The molecule has 3 aliphatic rings. The van der Waals surface area contributed by atoms with E-state index in [-0.39, 0.29) is 22.9 Å². The van der Waals surface area contributed by atoms with Crippen LogP contribution >= 0.6 is 0 Å². The maximum absolute atomic E-state index is 13.7. The summed E-state index contributed by atoms with van der Waals surface area (Å²) in [6, 6.07) is 19.5. The number of benzene rings is 2. The molecule has 1 saturated heterocycles. The van der Waals surface area contributed by atoms with Crippen LogP contribution in [0.1, 0.15) is 59.8 Å². The van der Waals surface area contributed by atoms with Gasteiger partial charge in [0.2, 0.25) is 0 Å². The summed E-state index contributed by atoms with van der Waals surface area (Å²) in [5, 5.41) is 8.30. The second kappa shape index (κ2) is 6.71. The Labute approximate surface area is 189 Å². The summed E-state index contributed by atoms with van der Waals surface area (Å²) in [4.78, 5) is 15.7. The summed E-state index contributed by atoms with van der Waals surface area (Å²) in [6.45, 7) is 8.16. The SMILES string of the molecule is Cc1ccc([C@]23CC2CN(C(=O)c2cnn4c2N[C@@H](c2ccccc2)CC4(C)C)C3)cc1. The van der Waals surface area contributed by atoms with Gasteiger partial charge >= 0.3 is 0 Å². The number of aryl methyl sites for hydroxylation is 1. The molecule has 1 unspecified atom stereocenters. The topological polar surface area (TPSA) is 50.2 Å². The average Bonchev–Trinajstić information content (AvgIpc) is 3.13. The molecule has 1 N–H and O–H groups in total. The second-order valence-corrected chi connectivity index (χ2v) is 10.6. The van der Waals surface area contributed by atoms with E-state index in [4.69, 9.17) is 0 Å². The van der Waals surface area contributed by atoms with Gasteiger partial charge in [-0.25, -0.2) is 4.68 Å². The first-order valence-corrected chi connectivity index (χ1v) is 11.6. The van der Waals surface area contributed by atoms with Crippen molar-refractivity contribution in [2.45, 2.75) is 50.6 Å². The van der Waals surface area contributed by atoms with Crippen molar-refractivity contribution in [3.63, 3.8) is 0 Å². The minimum absolute atomic E-state index is 0.0990. The first kappa shape index (κ1) is 19.6. The van der Waals surface area contributed by atoms with Crippen molar-refractivity contribution in [1.29, 1.82) is 0 Å². The van der Waals surface area contributed by atoms with E-state index in [9.17, 15) is 4.79 Å². The van der Waals surface area contributed by atoms with Crippen LogP contribution in [0.4, 0.5) is 5.82 Å². The van der Waals surface area contributed by atoms with Crippen LogP contribution in [0.15, 0.2) is 60.8 Å². The molecular formula is C27H30N4O. The summed E-state index contributed by atoms with van der Waals surface area (Å²) in [6.07, 6.45) is 3.87. The number of amides is 1. The number of anilines is 1. The Morgan fingerprint density at radius 1 is 1.06 bits per heavy atom. The van der Waals surface area contributed by atoms with Crippen LogP contribution < -0.4 is 5.32 Å². The highest BCUT2D eigenvalue weighted by molar-refractivity contribution is 5.99. The summed E-state index contributed by atoms with van der Waals surface area (Å²) in [7, 11) is 0. The minimum Gasteiger partial charge on any atom is -0.363 e. The number of carbonyl (C=O) groups is 1. The normalized spacial score (nSPS) is 27.4. The van der Waals surface area contributed by atoms with E-state index in [2.05, 4.69) is 79.7 Å². The number of piperidine rings is 1. The Morgan fingerprint density at radius 2 is 1.81 bits per heavy atom. The largest absolute Gasteiger partial charge is 0.363 e. The van der Waals surface area contributed by atoms with E-state index in [0.717, 1.165) is 25.3 Å². The van der Waals surface area contributed by atoms with E-state index in [1.165, 1.54) is 23.1 Å². The van der Waals surface area contributed by atoms with Crippen molar-refractivity contribution in [3.05, 3.63) is 83.0 Å². The monoisotopic (exact) mass is 426 g/mol. The van der Waals surface area contributed by atoms with Crippen LogP contribution in [0.2, 0.25) is 0 Å². The van der Waals surface area contributed by atoms with Crippen molar-refractivity contribution >= 4 is 11.7 Å². The molecule has 0 spiro atoms. The molecule has 0 radical (unpaired) electrons. The van der Waals surface area contributed by atoms with Crippen molar-refractivity contribution in [2.75, 3.05) is 18.4 Å². The van der Waals surface area contributed by atoms with Gasteiger partial charge in [-0.05, 0) is 50.7 Å². The number of fused-ring (bicyclic) bond motifs is 2. The van der Waals surface area contributed by atoms with Crippen molar-refractivity contribution in [2.24, 2.45) is 5.92 Å². The zero-order valence-corrected chi connectivity index (χ0v) is 19.0. The van der Waals surface area contributed by atoms with Crippen molar-refractivity contribution in [3.8, 4) is 0 Å². The van der Waals surface area contributed by atoms with Gasteiger partial charge in [-0.2, -0.15) is 5.10 Å². The maximum atomic E-state index is 13.7. The zero-order chi connectivity index (χ0) is 22.1. The van der Waals surface area contributed by atoms with E-state index in [1.807, 2.05) is 15.6 Å². The zero-order valence-electron chi connectivity index (χ0n) is 19.0. The second-order valence-electron chi connectivity index (χ2n) is 10.6. The Hall–Kier alpha value is -3.08. The maximum Gasteiger partial charge on any atom is 0.259 e. The van der Waals surface area contributed by atoms with Gasteiger partial charge in [-0.3, -0.25) is 4.79 Å². The Balaban J connectivity index is 1.28. The molecule has 3 atom stereocenters. The highest BCUT2D eigenvalue weighted by Crippen LogP contribution is 2.59. The fourth-order valence-corrected chi connectivity index (χ4v) is 5.93. The quantitative estimate of drug-likeness (QED) is 0.648. The third-order valence-electron chi connectivity index (χ3n) is 7.85. The molecule has 1 aromatic heterocycles. The molecule has 5 heteroatoms. The Kier molecular flexibility index (Phi) is 4.11. The van der Waals surface area contributed by atoms with E-state index >= 15 is 0 Å². The van der Waals surface area contributed by atoms with Crippen LogP contribution in [0.5, 0.6) is 0 Å². The number of carbonyl (C=O) groups excluding carboxylic acids is 1. The van der Waals surface area contributed by atoms with Gasteiger partial charge in [-0.1, -0.05) is 60.2 Å². The first-order chi connectivity index (χ1) is 15.4. The minimum atomic E-state index is -0.171. The van der Waals surface area contributed by atoms with Gasteiger partial charge in [-0.15, -0.1) is 0 Å². The lowest BCUT2D eigenvalue weighted by Crippen LogP contribution is -2.39. The summed E-state index contributed by atoms with van der Waals surface area (Å²) >= 11 is 0. The highest BCUT2D eigenvalue weighted by atomic mass is 16.2. The summed E-state index contributed by atoms with van der Waals surface area (Å²) < 4.78 is 2.01. The fourth-order valence-electron chi connectivity index (χ4n) is 5.93. The van der Waals surface area contributed by atoms with E-state index < -0.39 is 0 Å². The fraction of sp³-hybridized carbons (Fsp3) is 0.407. The Morgan fingerprint density at radius 3 is 2.56 bits per heavy atom. The van der Waals surface area contributed by atoms with Crippen LogP contribution in [-0.2, 0) is 11.0 Å². The predicted molar refractivity (Wildman–Crippen MR) is 126 cm³/mol. The lowest BCUT2D eigenvalue weighted by molar-refractivity contribution is 0.0772. The number of likely N-dealkylation sites (tertiary alicyclic amines) is 1. The lowest BCUT2D eigenvalue weighted by atomic mass is 9.89. The molecular weight excluding hydrogens is 396 g/mol. The van der Waals surface area contributed by atoms with E-state index in [0.29, 0.717) is 11.5 Å². The first-order valence-electron chi connectivity index (χ1n) is 11.6. The third-order valence-corrected chi connectivity index (χ3v) is 7.85. The van der Waals surface area contributed by atoms with Gasteiger partial charge < -0.3 is 10.2 Å². The molecule has 1 saturated carbocycles. The molecule has 3 heterocycles.